The maximum atomic E-state index is 14.4. The third-order valence-corrected chi connectivity index (χ3v) is 6.55. The monoisotopic (exact) mass is 338 g/mol. The van der Waals surface area contributed by atoms with Crippen molar-refractivity contribution >= 4 is 5.97 Å². The first kappa shape index (κ1) is 17.6. The van der Waals surface area contributed by atoms with Crippen molar-refractivity contribution in [1.82, 2.24) is 0 Å². The average Bonchev–Trinajstić information content (AvgIpc) is 2.58. The number of hydrogen-bond donors (Lipinski definition) is 1. The van der Waals surface area contributed by atoms with E-state index in [1.165, 1.54) is 37.8 Å². The van der Waals surface area contributed by atoms with Crippen LogP contribution in [0.4, 0.5) is 8.78 Å². The van der Waals surface area contributed by atoms with Crippen LogP contribution in [0.5, 0.6) is 0 Å². The minimum atomic E-state index is -2.03. The Morgan fingerprint density at radius 1 is 0.917 bits per heavy atom. The summed E-state index contributed by atoms with van der Waals surface area (Å²) in [5.74, 6) is 1.12. The Labute approximate surface area is 143 Å². The lowest BCUT2D eigenvalue weighted by atomic mass is 9.67. The number of alkyl halides is 2. The largest absolute Gasteiger partial charge is 0.478 e. The molecular weight excluding hydrogens is 310 g/mol. The predicted molar refractivity (Wildman–Crippen MR) is 90.2 cm³/mol. The number of carbonyl (C=O) groups is 1. The first-order valence-electron chi connectivity index (χ1n) is 9.40. The van der Waals surface area contributed by atoms with E-state index in [0.717, 1.165) is 43.4 Å². The first-order valence-corrected chi connectivity index (χ1v) is 9.40. The van der Waals surface area contributed by atoms with Crippen LogP contribution in [0.1, 0.15) is 58.3 Å². The molecule has 3 aliphatic rings. The highest BCUT2D eigenvalue weighted by Crippen LogP contribution is 2.44. The molecule has 0 aliphatic heterocycles. The minimum Gasteiger partial charge on any atom is -0.478 e. The summed E-state index contributed by atoms with van der Waals surface area (Å²) in [6.07, 6.45) is 8.27. The van der Waals surface area contributed by atoms with Gasteiger partial charge in [-0.2, -0.15) is 0 Å². The molecule has 2 atom stereocenters. The standard InChI is InChI=1S/C20H28F2O2/c1-12-2-4-13(5-3-12)14-6-8-15(9-7-14)16-10-11-17(20(23)24)19(22)18(16)21/h10-15,18-19H,2-9H2,1H3,(H,23,24). The minimum absolute atomic E-state index is 0.0728. The van der Waals surface area contributed by atoms with Crippen LogP contribution in [-0.2, 0) is 4.79 Å². The number of hydrogen-bond acceptors (Lipinski definition) is 1. The number of aliphatic carboxylic acids is 1. The summed E-state index contributed by atoms with van der Waals surface area (Å²) in [5.41, 5.74) is 0.0134. The van der Waals surface area contributed by atoms with E-state index >= 15 is 0 Å². The SMILES string of the molecule is CC1CCC(C2CCC(C3=CC=C(C(=O)O)C(F)C3F)CC2)CC1. The lowest BCUT2D eigenvalue weighted by molar-refractivity contribution is -0.133. The molecule has 0 saturated heterocycles. The van der Waals surface area contributed by atoms with Crippen LogP contribution < -0.4 is 0 Å². The molecule has 0 heterocycles. The van der Waals surface area contributed by atoms with E-state index in [1.54, 1.807) is 0 Å². The van der Waals surface area contributed by atoms with Crippen LogP contribution in [0.25, 0.3) is 0 Å². The van der Waals surface area contributed by atoms with E-state index in [1.807, 2.05) is 0 Å². The van der Waals surface area contributed by atoms with E-state index in [0.29, 0.717) is 5.57 Å². The number of carboxylic acid groups (broad SMARTS) is 1. The van der Waals surface area contributed by atoms with Gasteiger partial charge in [-0.15, -0.1) is 0 Å². The van der Waals surface area contributed by atoms with Crippen LogP contribution in [0.3, 0.4) is 0 Å². The molecule has 4 heteroatoms. The van der Waals surface area contributed by atoms with Gasteiger partial charge in [0.25, 0.3) is 0 Å². The zero-order valence-electron chi connectivity index (χ0n) is 14.4. The summed E-state index contributed by atoms with van der Waals surface area (Å²) in [4.78, 5) is 10.9. The molecular formula is C20H28F2O2. The zero-order valence-corrected chi connectivity index (χ0v) is 14.4. The van der Waals surface area contributed by atoms with Crippen LogP contribution in [0.2, 0.25) is 0 Å². The molecule has 0 radical (unpaired) electrons. The second kappa shape index (κ2) is 7.37. The van der Waals surface area contributed by atoms with Crippen molar-refractivity contribution < 1.29 is 18.7 Å². The van der Waals surface area contributed by atoms with E-state index in [9.17, 15) is 13.6 Å². The zero-order chi connectivity index (χ0) is 17.3. The van der Waals surface area contributed by atoms with E-state index in [-0.39, 0.29) is 5.92 Å². The summed E-state index contributed by atoms with van der Waals surface area (Å²) >= 11 is 0. The Balaban J connectivity index is 1.59. The van der Waals surface area contributed by atoms with Gasteiger partial charge < -0.3 is 5.11 Å². The second-order valence-corrected chi connectivity index (χ2v) is 8.03. The van der Waals surface area contributed by atoms with Gasteiger partial charge >= 0.3 is 5.97 Å². The summed E-state index contributed by atoms with van der Waals surface area (Å²) < 4.78 is 28.4. The molecule has 2 unspecified atom stereocenters. The maximum absolute atomic E-state index is 14.4. The summed E-state index contributed by atoms with van der Waals surface area (Å²) in [6.45, 7) is 2.33. The van der Waals surface area contributed by atoms with Crippen LogP contribution in [-0.4, -0.2) is 23.4 Å². The third-order valence-electron chi connectivity index (χ3n) is 6.55. The van der Waals surface area contributed by atoms with Crippen molar-refractivity contribution in [1.29, 1.82) is 0 Å². The molecule has 134 valence electrons. The maximum Gasteiger partial charge on any atom is 0.334 e. The lowest BCUT2D eigenvalue weighted by Gasteiger charge is -2.38. The Hall–Kier alpha value is -1.19. The quantitative estimate of drug-likeness (QED) is 0.763. The van der Waals surface area contributed by atoms with Gasteiger partial charge in [-0.05, 0) is 73.8 Å². The summed E-state index contributed by atoms with van der Waals surface area (Å²) in [7, 11) is 0. The van der Waals surface area contributed by atoms with Gasteiger partial charge in [-0.3, -0.25) is 0 Å². The van der Waals surface area contributed by atoms with Gasteiger partial charge in [0, 0.05) is 0 Å². The van der Waals surface area contributed by atoms with Gasteiger partial charge in [-0.1, -0.05) is 25.8 Å². The molecule has 0 aromatic heterocycles. The Kier molecular flexibility index (Phi) is 5.41. The normalized spacial score (nSPS) is 40.6. The second-order valence-electron chi connectivity index (χ2n) is 8.03. The molecule has 0 aromatic carbocycles. The molecule has 0 aromatic rings. The van der Waals surface area contributed by atoms with Crippen molar-refractivity contribution in [3.63, 3.8) is 0 Å². The Bertz CT molecular complexity index is 524. The van der Waals surface area contributed by atoms with Gasteiger partial charge in [0.2, 0.25) is 0 Å². The molecule has 0 amide bonds. The molecule has 3 rings (SSSR count). The fraction of sp³-hybridized carbons (Fsp3) is 0.750. The molecule has 0 spiro atoms. The molecule has 1 N–H and O–H groups in total. The van der Waals surface area contributed by atoms with Crippen molar-refractivity contribution in [2.75, 3.05) is 0 Å². The molecule has 2 fully saturated rings. The fourth-order valence-electron chi connectivity index (χ4n) is 4.93. The smallest absolute Gasteiger partial charge is 0.334 e. The third kappa shape index (κ3) is 3.57. The van der Waals surface area contributed by atoms with Gasteiger partial charge in [0.15, 0.2) is 12.3 Å². The summed E-state index contributed by atoms with van der Waals surface area (Å²) in [5, 5.41) is 8.92. The van der Waals surface area contributed by atoms with Crippen molar-refractivity contribution in [2.45, 2.75) is 70.6 Å². The Morgan fingerprint density at radius 3 is 2.00 bits per heavy atom. The van der Waals surface area contributed by atoms with Crippen LogP contribution in [0.15, 0.2) is 23.3 Å². The van der Waals surface area contributed by atoms with Crippen molar-refractivity contribution in [3.8, 4) is 0 Å². The van der Waals surface area contributed by atoms with Crippen LogP contribution in [0, 0.1) is 23.7 Å². The van der Waals surface area contributed by atoms with E-state index in [2.05, 4.69) is 6.92 Å². The first-order chi connectivity index (χ1) is 11.5. The fourth-order valence-corrected chi connectivity index (χ4v) is 4.93. The highest BCUT2D eigenvalue weighted by molar-refractivity contribution is 5.89. The van der Waals surface area contributed by atoms with Gasteiger partial charge in [-0.25, -0.2) is 13.6 Å². The number of rotatable bonds is 3. The molecule has 2 nitrogen and oxygen atoms in total. The van der Waals surface area contributed by atoms with E-state index < -0.39 is 23.9 Å². The summed E-state index contributed by atoms with van der Waals surface area (Å²) in [6, 6.07) is 0. The van der Waals surface area contributed by atoms with E-state index in [4.69, 9.17) is 5.11 Å². The highest BCUT2D eigenvalue weighted by atomic mass is 19.2. The van der Waals surface area contributed by atoms with Crippen molar-refractivity contribution in [3.05, 3.63) is 23.3 Å². The lowest BCUT2D eigenvalue weighted by Crippen LogP contribution is -2.33. The molecule has 2 saturated carbocycles. The molecule has 0 bridgehead atoms. The highest BCUT2D eigenvalue weighted by Gasteiger charge is 2.39. The Morgan fingerprint density at radius 2 is 1.46 bits per heavy atom. The predicted octanol–water partition coefficient (Wildman–Crippen LogP) is 5.25. The molecule has 3 aliphatic carbocycles. The van der Waals surface area contributed by atoms with Crippen molar-refractivity contribution in [2.24, 2.45) is 23.7 Å². The average molecular weight is 338 g/mol. The van der Waals surface area contributed by atoms with Gasteiger partial charge in [0.1, 0.15) is 0 Å². The topological polar surface area (TPSA) is 37.3 Å². The van der Waals surface area contributed by atoms with Gasteiger partial charge in [0.05, 0.1) is 5.57 Å². The number of allylic oxidation sites excluding steroid dienone is 3. The number of halogens is 2. The van der Waals surface area contributed by atoms with Crippen LogP contribution >= 0.6 is 0 Å². The molecule has 24 heavy (non-hydrogen) atoms. The number of carboxylic acids is 1.